The number of benzene rings is 1. The van der Waals surface area contributed by atoms with Crippen LogP contribution in [0.1, 0.15) is 0 Å². The van der Waals surface area contributed by atoms with Gasteiger partial charge in [-0.2, -0.15) is 0 Å². The molecule has 0 aliphatic carbocycles. The van der Waals surface area contributed by atoms with Crippen molar-refractivity contribution in [1.82, 2.24) is 0 Å². The van der Waals surface area contributed by atoms with Gasteiger partial charge < -0.3 is 5.11 Å². The predicted octanol–water partition coefficient (Wildman–Crippen LogP) is 3.46. The summed E-state index contributed by atoms with van der Waals surface area (Å²) in [5, 5.41) is 9.74. The van der Waals surface area contributed by atoms with E-state index in [1.165, 1.54) is 12.1 Å². The Hall–Kier alpha value is 0.0800. The van der Waals surface area contributed by atoms with E-state index in [2.05, 4.69) is 15.9 Å². The fourth-order valence-corrected chi connectivity index (χ4v) is 1.25. The molecule has 0 aliphatic heterocycles. The predicted molar refractivity (Wildman–Crippen MR) is 45.8 cm³/mol. The van der Waals surface area contributed by atoms with Crippen molar-refractivity contribution in [2.75, 3.05) is 0 Å². The Labute approximate surface area is 76.7 Å². The van der Waals surface area contributed by atoms with E-state index in [4.69, 9.17) is 28.3 Å². The number of phenolic OH excluding ortho intramolecular Hbond substituents is 1. The highest BCUT2D eigenvalue weighted by atomic mass is 79.9. The van der Waals surface area contributed by atoms with Crippen LogP contribution < -0.4 is 0 Å². The summed E-state index contributed by atoms with van der Waals surface area (Å²) < 4.78 is 0.605. The molecule has 0 aromatic heterocycles. The Morgan fingerprint density at radius 1 is 1.20 bits per heavy atom. The lowest BCUT2D eigenvalue weighted by atomic mass is 10.3. The molecule has 0 unspecified atom stereocenters. The fraction of sp³-hybridized carbons (Fsp3) is 0. The van der Waals surface area contributed by atoms with E-state index in [0.717, 1.165) is 0 Å². The summed E-state index contributed by atoms with van der Waals surface area (Å²) in [7, 11) is 0. The fourth-order valence-electron chi connectivity index (χ4n) is 0.542. The van der Waals surface area contributed by atoms with E-state index in [1.54, 1.807) is 0 Å². The van der Waals surface area contributed by atoms with Gasteiger partial charge in [0, 0.05) is 0 Å². The topological polar surface area (TPSA) is 20.2 Å². The van der Waals surface area contributed by atoms with E-state index in [9.17, 15) is 0 Å². The zero-order chi connectivity index (χ0) is 7.72. The summed E-state index contributed by atoms with van der Waals surface area (Å²) >= 11 is 14.4. The van der Waals surface area contributed by atoms with E-state index >= 15 is 0 Å². The normalized spacial score (nSPS) is 9.90. The minimum absolute atomic E-state index is 0.0678. The van der Waals surface area contributed by atoms with Crippen molar-refractivity contribution in [1.29, 1.82) is 0 Å². The second kappa shape index (κ2) is 2.99. The smallest absolute Gasteiger partial charge is 0.118 e. The molecule has 0 aliphatic rings. The number of aromatic hydroxyl groups is 1. The molecule has 54 valence electrons. The van der Waals surface area contributed by atoms with Crippen LogP contribution in [0.5, 0.6) is 5.75 Å². The molecule has 4 heteroatoms. The average Bonchev–Trinajstić information content (AvgIpc) is 1.82. The third kappa shape index (κ3) is 1.57. The van der Waals surface area contributed by atoms with Gasteiger partial charge in [0.05, 0.1) is 14.5 Å². The van der Waals surface area contributed by atoms with E-state index in [0.29, 0.717) is 14.5 Å². The van der Waals surface area contributed by atoms with E-state index in [1.807, 2.05) is 0 Å². The van der Waals surface area contributed by atoms with Crippen molar-refractivity contribution in [2.45, 2.75) is 0 Å². The van der Waals surface area contributed by atoms with Crippen LogP contribution in [0.3, 0.4) is 0 Å². The molecule has 0 radical (unpaired) electrons. The Morgan fingerprint density at radius 2 is 1.60 bits per heavy atom. The molecule has 1 nitrogen and oxygen atoms in total. The van der Waals surface area contributed by atoms with Crippen molar-refractivity contribution in [2.24, 2.45) is 0 Å². The van der Waals surface area contributed by atoms with Crippen LogP contribution >= 0.6 is 39.1 Å². The van der Waals surface area contributed by atoms with Gasteiger partial charge in [-0.15, -0.1) is 0 Å². The molecular weight excluding hydrogens is 239 g/mol. The number of rotatable bonds is 0. The summed E-state index contributed by atoms with van der Waals surface area (Å²) in [5.41, 5.74) is 0. The third-order valence-corrected chi connectivity index (χ3v) is 2.88. The monoisotopic (exact) mass is 240 g/mol. The molecule has 1 N–H and O–H groups in total. The molecule has 0 atom stereocenters. The Morgan fingerprint density at radius 3 is 2.00 bits per heavy atom. The standard InChI is InChI=1S/C6H3BrCl2O/c7-6-4(8)1-3(10)2-5(6)9/h1-2,10H. The minimum atomic E-state index is 0.0678. The number of phenols is 1. The van der Waals surface area contributed by atoms with Gasteiger partial charge in [0.2, 0.25) is 0 Å². The molecule has 1 rings (SSSR count). The van der Waals surface area contributed by atoms with Gasteiger partial charge in [-0.25, -0.2) is 0 Å². The molecule has 0 saturated heterocycles. The van der Waals surface area contributed by atoms with Crippen LogP contribution in [-0.4, -0.2) is 5.11 Å². The molecule has 0 heterocycles. The van der Waals surface area contributed by atoms with Crippen LogP contribution in [0.25, 0.3) is 0 Å². The van der Waals surface area contributed by atoms with E-state index < -0.39 is 0 Å². The van der Waals surface area contributed by atoms with Gasteiger partial charge in [0.25, 0.3) is 0 Å². The van der Waals surface area contributed by atoms with Crippen LogP contribution in [0.4, 0.5) is 0 Å². The van der Waals surface area contributed by atoms with Gasteiger partial charge in [-0.3, -0.25) is 0 Å². The first-order valence-corrected chi connectivity index (χ1v) is 3.99. The zero-order valence-corrected chi connectivity index (χ0v) is 7.83. The highest BCUT2D eigenvalue weighted by Crippen LogP contribution is 2.33. The second-order valence-electron chi connectivity index (χ2n) is 1.72. The van der Waals surface area contributed by atoms with Gasteiger partial charge in [-0.1, -0.05) is 23.2 Å². The highest BCUT2D eigenvalue weighted by Gasteiger charge is 2.03. The first-order chi connectivity index (χ1) is 4.61. The van der Waals surface area contributed by atoms with Gasteiger partial charge in [0.1, 0.15) is 5.75 Å². The first kappa shape index (κ1) is 8.18. The zero-order valence-electron chi connectivity index (χ0n) is 4.74. The third-order valence-electron chi connectivity index (χ3n) is 0.969. The molecular formula is C6H3BrCl2O. The van der Waals surface area contributed by atoms with Gasteiger partial charge >= 0.3 is 0 Å². The molecule has 0 saturated carbocycles. The number of halogens is 3. The minimum Gasteiger partial charge on any atom is -0.508 e. The number of hydrogen-bond donors (Lipinski definition) is 1. The maximum atomic E-state index is 8.93. The maximum absolute atomic E-state index is 8.93. The van der Waals surface area contributed by atoms with Gasteiger partial charge in [-0.05, 0) is 28.1 Å². The van der Waals surface area contributed by atoms with Crippen LogP contribution in [-0.2, 0) is 0 Å². The summed E-state index contributed by atoms with van der Waals surface area (Å²) in [4.78, 5) is 0. The molecule has 1 aromatic rings. The lowest BCUT2D eigenvalue weighted by molar-refractivity contribution is 0.475. The van der Waals surface area contributed by atoms with Crippen LogP contribution in [0.2, 0.25) is 10.0 Å². The SMILES string of the molecule is Oc1cc(Cl)c(Br)c(Cl)c1. The highest BCUT2D eigenvalue weighted by molar-refractivity contribution is 9.10. The Balaban J connectivity index is 3.31. The van der Waals surface area contributed by atoms with Crippen molar-refractivity contribution in [3.8, 4) is 5.75 Å². The summed E-state index contributed by atoms with van der Waals surface area (Å²) in [5.74, 6) is 0.0678. The molecule has 0 bridgehead atoms. The Kier molecular flexibility index (Phi) is 2.45. The Bertz CT molecular complexity index is 239. The maximum Gasteiger partial charge on any atom is 0.118 e. The summed E-state index contributed by atoms with van der Waals surface area (Å²) in [6.45, 7) is 0. The lowest BCUT2D eigenvalue weighted by Crippen LogP contribution is -1.71. The molecule has 0 spiro atoms. The molecule has 1 aromatic carbocycles. The molecule has 0 fully saturated rings. The average molecular weight is 242 g/mol. The molecule has 0 amide bonds. The van der Waals surface area contributed by atoms with E-state index in [-0.39, 0.29) is 5.75 Å². The van der Waals surface area contributed by atoms with Crippen molar-refractivity contribution >= 4 is 39.1 Å². The van der Waals surface area contributed by atoms with Gasteiger partial charge in [0.15, 0.2) is 0 Å². The van der Waals surface area contributed by atoms with Crippen LogP contribution in [0.15, 0.2) is 16.6 Å². The quantitative estimate of drug-likeness (QED) is 0.690. The van der Waals surface area contributed by atoms with Crippen molar-refractivity contribution in [3.05, 3.63) is 26.7 Å². The molecule has 10 heavy (non-hydrogen) atoms. The largest absolute Gasteiger partial charge is 0.508 e. The number of hydrogen-bond acceptors (Lipinski definition) is 1. The summed E-state index contributed by atoms with van der Waals surface area (Å²) in [6, 6.07) is 2.83. The lowest BCUT2D eigenvalue weighted by Gasteiger charge is -1.98. The van der Waals surface area contributed by atoms with Crippen molar-refractivity contribution in [3.63, 3.8) is 0 Å². The van der Waals surface area contributed by atoms with Crippen LogP contribution in [0, 0.1) is 0 Å². The first-order valence-electron chi connectivity index (χ1n) is 2.45. The van der Waals surface area contributed by atoms with Crippen molar-refractivity contribution < 1.29 is 5.11 Å². The second-order valence-corrected chi connectivity index (χ2v) is 3.33. The summed E-state index contributed by atoms with van der Waals surface area (Å²) in [6.07, 6.45) is 0.